The largest absolute Gasteiger partial charge is 0.507 e. The molecule has 88 valence electrons. The van der Waals surface area contributed by atoms with Crippen LogP contribution in [0.1, 0.15) is 16.2 Å². The Bertz CT molecular complexity index is 568. The number of amides is 1. The van der Waals surface area contributed by atoms with Gasteiger partial charge < -0.3 is 9.52 Å². The van der Waals surface area contributed by atoms with Gasteiger partial charge in [-0.25, -0.2) is 0 Å². The number of hydrogen-bond donors (Lipinski definition) is 2. The quantitative estimate of drug-likeness (QED) is 0.886. The third kappa shape index (κ3) is 2.62. The molecule has 2 N–H and O–H groups in total. The van der Waals surface area contributed by atoms with Crippen molar-refractivity contribution < 1.29 is 14.3 Å². The zero-order valence-corrected chi connectivity index (χ0v) is 10.4. The summed E-state index contributed by atoms with van der Waals surface area (Å²) in [5, 5.41) is 19.2. The lowest BCUT2D eigenvalue weighted by atomic mass is 10.2. The highest BCUT2D eigenvalue weighted by atomic mass is 79.9. The van der Waals surface area contributed by atoms with Crippen LogP contribution in [0.15, 0.2) is 27.1 Å². The second kappa shape index (κ2) is 4.54. The molecule has 0 saturated heterocycles. The number of aryl methyl sites for hydroxylation is 1. The molecule has 0 radical (unpaired) electrons. The number of aromatic hydroxyl groups is 1. The number of rotatable bonds is 2. The van der Waals surface area contributed by atoms with Gasteiger partial charge in [-0.1, -0.05) is 21.0 Å². The van der Waals surface area contributed by atoms with E-state index >= 15 is 0 Å². The van der Waals surface area contributed by atoms with E-state index < -0.39 is 5.91 Å². The van der Waals surface area contributed by atoms with Crippen molar-refractivity contribution in [1.82, 2.24) is 10.2 Å². The fraction of sp³-hybridized carbons (Fsp3) is 0.100. The molecule has 0 bridgehead atoms. The van der Waals surface area contributed by atoms with E-state index in [0.717, 1.165) is 0 Å². The number of carbonyl (C=O) groups excluding carboxylic acids is 1. The zero-order valence-electron chi connectivity index (χ0n) is 8.77. The van der Waals surface area contributed by atoms with Crippen LogP contribution in [0.3, 0.4) is 0 Å². The molecule has 2 aromatic rings. The Labute approximate surface area is 105 Å². The first-order valence-corrected chi connectivity index (χ1v) is 5.45. The van der Waals surface area contributed by atoms with E-state index in [9.17, 15) is 9.90 Å². The van der Waals surface area contributed by atoms with E-state index in [4.69, 9.17) is 4.42 Å². The maximum Gasteiger partial charge on any atom is 0.322 e. The molecular weight excluding hydrogens is 290 g/mol. The molecule has 0 aliphatic carbocycles. The summed E-state index contributed by atoms with van der Waals surface area (Å²) in [7, 11) is 0. The number of hydrogen-bond acceptors (Lipinski definition) is 5. The molecule has 17 heavy (non-hydrogen) atoms. The fourth-order valence-corrected chi connectivity index (χ4v) is 1.56. The summed E-state index contributed by atoms with van der Waals surface area (Å²) in [6.07, 6.45) is 0. The Kier molecular flexibility index (Phi) is 3.10. The first kappa shape index (κ1) is 11.6. The third-order valence-corrected chi connectivity index (χ3v) is 2.44. The summed E-state index contributed by atoms with van der Waals surface area (Å²) in [4.78, 5) is 11.7. The summed E-state index contributed by atoms with van der Waals surface area (Å²) in [6, 6.07) is 4.55. The lowest BCUT2D eigenvalue weighted by Gasteiger charge is -2.03. The minimum absolute atomic E-state index is 0.00480. The number of phenols is 1. The first-order valence-electron chi connectivity index (χ1n) is 4.66. The Hall–Kier alpha value is -1.89. The summed E-state index contributed by atoms with van der Waals surface area (Å²) < 4.78 is 5.67. The van der Waals surface area contributed by atoms with Crippen molar-refractivity contribution in [1.29, 1.82) is 0 Å². The summed E-state index contributed by atoms with van der Waals surface area (Å²) in [5.41, 5.74) is 0.129. The Balaban J connectivity index is 2.20. The summed E-state index contributed by atoms with van der Waals surface area (Å²) in [6.45, 7) is 1.61. The number of anilines is 1. The van der Waals surface area contributed by atoms with Gasteiger partial charge in [0, 0.05) is 11.4 Å². The number of halogens is 1. The average Bonchev–Trinajstić information content (AvgIpc) is 2.63. The Morgan fingerprint density at radius 1 is 1.47 bits per heavy atom. The average molecular weight is 298 g/mol. The molecule has 0 fully saturated rings. The van der Waals surface area contributed by atoms with Crippen LogP contribution in [-0.2, 0) is 0 Å². The number of nitrogens with one attached hydrogen (secondary N) is 1. The number of carbonyl (C=O) groups is 1. The third-order valence-electron chi connectivity index (χ3n) is 1.95. The van der Waals surface area contributed by atoms with Gasteiger partial charge in [-0.2, -0.15) is 0 Å². The van der Waals surface area contributed by atoms with Crippen LogP contribution >= 0.6 is 15.9 Å². The van der Waals surface area contributed by atoms with E-state index in [1.807, 2.05) is 0 Å². The van der Waals surface area contributed by atoms with E-state index in [1.165, 1.54) is 12.1 Å². The molecule has 1 aromatic carbocycles. The van der Waals surface area contributed by atoms with Crippen molar-refractivity contribution in [3.63, 3.8) is 0 Å². The molecule has 7 heteroatoms. The molecule has 0 atom stereocenters. The van der Waals surface area contributed by atoms with Gasteiger partial charge in [0.15, 0.2) is 0 Å². The van der Waals surface area contributed by atoms with Crippen LogP contribution in [0.25, 0.3) is 0 Å². The van der Waals surface area contributed by atoms with Crippen LogP contribution < -0.4 is 5.32 Å². The molecule has 1 aromatic heterocycles. The van der Waals surface area contributed by atoms with E-state index in [-0.39, 0.29) is 17.3 Å². The second-order valence-corrected chi connectivity index (χ2v) is 4.16. The SMILES string of the molecule is Cc1nnc(NC(=O)c2ccc(Br)cc2O)o1. The van der Waals surface area contributed by atoms with E-state index in [2.05, 4.69) is 31.4 Å². The van der Waals surface area contributed by atoms with Gasteiger partial charge in [0.2, 0.25) is 5.89 Å². The second-order valence-electron chi connectivity index (χ2n) is 3.24. The van der Waals surface area contributed by atoms with Gasteiger partial charge in [-0.15, -0.1) is 5.10 Å². The molecule has 1 amide bonds. The molecule has 6 nitrogen and oxygen atoms in total. The molecular formula is C10H8BrN3O3. The van der Waals surface area contributed by atoms with Crippen LogP contribution in [-0.4, -0.2) is 21.2 Å². The molecule has 0 aliphatic rings. The van der Waals surface area contributed by atoms with Gasteiger partial charge in [-0.3, -0.25) is 10.1 Å². The lowest BCUT2D eigenvalue weighted by molar-refractivity contribution is 0.102. The number of nitrogens with zero attached hydrogens (tertiary/aromatic N) is 2. The van der Waals surface area contributed by atoms with Crippen molar-refractivity contribution in [3.05, 3.63) is 34.1 Å². The number of benzene rings is 1. The minimum Gasteiger partial charge on any atom is -0.507 e. The van der Waals surface area contributed by atoms with Crippen LogP contribution in [0, 0.1) is 6.92 Å². The monoisotopic (exact) mass is 297 g/mol. The van der Waals surface area contributed by atoms with Gasteiger partial charge in [0.05, 0.1) is 5.56 Å². The highest BCUT2D eigenvalue weighted by molar-refractivity contribution is 9.10. The van der Waals surface area contributed by atoms with Gasteiger partial charge >= 0.3 is 6.01 Å². The molecule has 0 aliphatic heterocycles. The van der Waals surface area contributed by atoms with E-state index in [0.29, 0.717) is 10.4 Å². The van der Waals surface area contributed by atoms with Crippen molar-refractivity contribution in [3.8, 4) is 5.75 Å². The van der Waals surface area contributed by atoms with Gasteiger partial charge in [0.25, 0.3) is 5.91 Å². The predicted molar refractivity (Wildman–Crippen MR) is 62.8 cm³/mol. The van der Waals surface area contributed by atoms with Crippen molar-refractivity contribution >= 4 is 27.9 Å². The maximum atomic E-state index is 11.7. The molecule has 0 unspecified atom stereocenters. The predicted octanol–water partition coefficient (Wildman–Crippen LogP) is 2.10. The number of aromatic nitrogens is 2. The Morgan fingerprint density at radius 2 is 2.24 bits per heavy atom. The highest BCUT2D eigenvalue weighted by Gasteiger charge is 2.14. The van der Waals surface area contributed by atoms with Gasteiger partial charge in [-0.05, 0) is 18.2 Å². The molecule has 0 saturated carbocycles. The Morgan fingerprint density at radius 3 is 2.82 bits per heavy atom. The molecule has 0 spiro atoms. The number of phenolic OH excluding ortho intramolecular Hbond substituents is 1. The minimum atomic E-state index is -0.515. The first-order chi connectivity index (χ1) is 8.06. The highest BCUT2D eigenvalue weighted by Crippen LogP contribution is 2.23. The maximum absolute atomic E-state index is 11.7. The smallest absolute Gasteiger partial charge is 0.322 e. The van der Waals surface area contributed by atoms with Crippen LogP contribution in [0.5, 0.6) is 5.75 Å². The topological polar surface area (TPSA) is 88.2 Å². The zero-order chi connectivity index (χ0) is 12.4. The fourth-order valence-electron chi connectivity index (χ4n) is 1.21. The lowest BCUT2D eigenvalue weighted by Crippen LogP contribution is -2.12. The van der Waals surface area contributed by atoms with Gasteiger partial charge in [0.1, 0.15) is 5.75 Å². The standard InChI is InChI=1S/C10H8BrN3O3/c1-5-13-14-10(17-5)12-9(16)7-3-2-6(11)4-8(7)15/h2-4,15H,1H3,(H,12,14,16). The van der Waals surface area contributed by atoms with Crippen LogP contribution in [0.2, 0.25) is 0 Å². The van der Waals surface area contributed by atoms with Crippen molar-refractivity contribution in [2.24, 2.45) is 0 Å². The van der Waals surface area contributed by atoms with Crippen molar-refractivity contribution in [2.45, 2.75) is 6.92 Å². The molecule has 2 rings (SSSR count). The molecule has 1 heterocycles. The van der Waals surface area contributed by atoms with E-state index in [1.54, 1.807) is 13.0 Å². The van der Waals surface area contributed by atoms with Crippen molar-refractivity contribution in [2.75, 3.05) is 5.32 Å². The normalized spacial score (nSPS) is 10.2. The summed E-state index contributed by atoms with van der Waals surface area (Å²) in [5.74, 6) is -0.299. The van der Waals surface area contributed by atoms with Crippen LogP contribution in [0.4, 0.5) is 6.01 Å². The summed E-state index contributed by atoms with van der Waals surface area (Å²) >= 11 is 3.18.